The second kappa shape index (κ2) is 7.24. The minimum absolute atomic E-state index is 0.864. The van der Waals surface area contributed by atoms with E-state index < -0.39 is 0 Å². The van der Waals surface area contributed by atoms with Crippen LogP contribution in [0.3, 0.4) is 0 Å². The fourth-order valence-corrected chi connectivity index (χ4v) is 2.53. The van der Waals surface area contributed by atoms with E-state index >= 15 is 0 Å². The lowest BCUT2D eigenvalue weighted by atomic mass is 9.97. The zero-order valence-corrected chi connectivity index (χ0v) is 10.8. The average Bonchev–Trinajstić information content (AvgIpc) is 2.18. The molecule has 0 bridgehead atoms. The predicted molar refractivity (Wildman–Crippen MR) is 67.2 cm³/mol. The van der Waals surface area contributed by atoms with Crippen LogP contribution in [0.5, 0.6) is 0 Å². The fourth-order valence-electron chi connectivity index (χ4n) is 2.53. The van der Waals surface area contributed by atoms with Crippen LogP contribution in [0.2, 0.25) is 0 Å². The van der Waals surface area contributed by atoms with Crippen LogP contribution in [0.15, 0.2) is 0 Å². The van der Waals surface area contributed by atoms with E-state index in [9.17, 15) is 0 Å². The molecule has 1 rings (SSSR count). The van der Waals surface area contributed by atoms with E-state index in [2.05, 4.69) is 31.1 Å². The molecule has 1 aliphatic rings. The van der Waals surface area contributed by atoms with Gasteiger partial charge in [-0.25, -0.2) is 0 Å². The Morgan fingerprint density at radius 3 is 2.87 bits per heavy atom. The van der Waals surface area contributed by atoms with Crippen molar-refractivity contribution in [3.05, 3.63) is 0 Å². The lowest BCUT2D eigenvalue weighted by Crippen LogP contribution is -2.39. The molecule has 1 saturated heterocycles. The van der Waals surface area contributed by atoms with Gasteiger partial charge in [0.25, 0.3) is 0 Å². The number of nitrogens with one attached hydrogen (secondary N) is 1. The highest BCUT2D eigenvalue weighted by molar-refractivity contribution is 4.74. The monoisotopic (exact) mass is 212 g/mol. The maximum Gasteiger partial charge on any atom is 0.00218 e. The Morgan fingerprint density at radius 1 is 1.40 bits per heavy atom. The van der Waals surface area contributed by atoms with Gasteiger partial charge < -0.3 is 10.2 Å². The first-order valence-electron chi connectivity index (χ1n) is 6.59. The molecule has 90 valence electrons. The van der Waals surface area contributed by atoms with Gasteiger partial charge in [-0.3, -0.25) is 0 Å². The Balaban J connectivity index is 2.12. The Hall–Kier alpha value is -0.0800. The molecule has 15 heavy (non-hydrogen) atoms. The van der Waals surface area contributed by atoms with Gasteiger partial charge in [-0.05, 0) is 64.2 Å². The summed E-state index contributed by atoms with van der Waals surface area (Å²) in [6.07, 6.45) is 5.58. The first kappa shape index (κ1) is 13.0. The van der Waals surface area contributed by atoms with E-state index in [1.54, 1.807) is 0 Å². The number of hydrogen-bond acceptors (Lipinski definition) is 2. The largest absolute Gasteiger partial charge is 0.319 e. The maximum absolute atomic E-state index is 3.31. The Kier molecular flexibility index (Phi) is 6.26. The van der Waals surface area contributed by atoms with Gasteiger partial charge in [0.15, 0.2) is 0 Å². The Bertz CT molecular complexity index is 155. The van der Waals surface area contributed by atoms with E-state index in [1.807, 2.05) is 0 Å². The van der Waals surface area contributed by atoms with Crippen molar-refractivity contribution in [1.82, 2.24) is 10.2 Å². The molecule has 0 radical (unpaired) electrons. The summed E-state index contributed by atoms with van der Waals surface area (Å²) in [6, 6.07) is 0. The van der Waals surface area contributed by atoms with Crippen molar-refractivity contribution in [3.8, 4) is 0 Å². The van der Waals surface area contributed by atoms with Crippen molar-refractivity contribution in [1.29, 1.82) is 0 Å². The number of rotatable bonds is 6. The Labute approximate surface area is 95.4 Å². The summed E-state index contributed by atoms with van der Waals surface area (Å²) in [5.41, 5.74) is 0. The third kappa shape index (κ3) is 5.53. The van der Waals surface area contributed by atoms with Crippen molar-refractivity contribution in [2.75, 3.05) is 33.2 Å². The highest BCUT2D eigenvalue weighted by Gasteiger charge is 2.18. The maximum atomic E-state index is 3.31. The molecular formula is C13H28N2. The average molecular weight is 212 g/mol. The van der Waals surface area contributed by atoms with E-state index in [0.717, 1.165) is 11.8 Å². The number of hydrogen-bond donors (Lipinski definition) is 1. The van der Waals surface area contributed by atoms with Gasteiger partial charge in [0.1, 0.15) is 0 Å². The second-order valence-corrected chi connectivity index (χ2v) is 5.40. The van der Waals surface area contributed by atoms with Gasteiger partial charge in [-0.2, -0.15) is 0 Å². The van der Waals surface area contributed by atoms with E-state index in [0.29, 0.717) is 0 Å². The molecule has 1 fully saturated rings. The summed E-state index contributed by atoms with van der Waals surface area (Å²) < 4.78 is 0. The first-order valence-corrected chi connectivity index (χ1v) is 6.59. The zero-order chi connectivity index (χ0) is 11.1. The van der Waals surface area contributed by atoms with Crippen molar-refractivity contribution < 1.29 is 0 Å². The fraction of sp³-hybridized carbons (Fsp3) is 1.00. The number of likely N-dealkylation sites (tertiary alicyclic amines) is 1. The highest BCUT2D eigenvalue weighted by Crippen LogP contribution is 2.16. The minimum atomic E-state index is 0.864. The van der Waals surface area contributed by atoms with Crippen LogP contribution in [0, 0.1) is 11.8 Å². The molecule has 1 atom stereocenters. The van der Waals surface area contributed by atoms with Crippen LogP contribution >= 0.6 is 0 Å². The second-order valence-electron chi connectivity index (χ2n) is 5.40. The lowest BCUT2D eigenvalue weighted by molar-refractivity contribution is 0.169. The molecule has 1 aliphatic heterocycles. The molecule has 0 aromatic rings. The molecule has 2 nitrogen and oxygen atoms in total. The third-order valence-electron chi connectivity index (χ3n) is 3.35. The van der Waals surface area contributed by atoms with E-state index in [1.165, 1.54) is 51.9 Å². The summed E-state index contributed by atoms with van der Waals surface area (Å²) in [5.74, 6) is 1.76. The van der Waals surface area contributed by atoms with Crippen molar-refractivity contribution in [2.24, 2.45) is 11.8 Å². The van der Waals surface area contributed by atoms with Crippen LogP contribution in [0.4, 0.5) is 0 Å². The topological polar surface area (TPSA) is 15.3 Å². The molecule has 1 N–H and O–H groups in total. The normalized spacial score (nSPS) is 23.6. The summed E-state index contributed by atoms with van der Waals surface area (Å²) in [5, 5.41) is 3.31. The van der Waals surface area contributed by atoms with Gasteiger partial charge in [0.2, 0.25) is 0 Å². The number of nitrogens with zero attached hydrogens (tertiary/aromatic N) is 1. The molecule has 1 heterocycles. The van der Waals surface area contributed by atoms with Gasteiger partial charge in [0.05, 0.1) is 0 Å². The summed E-state index contributed by atoms with van der Waals surface area (Å²) in [7, 11) is 2.07. The molecular weight excluding hydrogens is 184 g/mol. The van der Waals surface area contributed by atoms with Gasteiger partial charge >= 0.3 is 0 Å². The highest BCUT2D eigenvalue weighted by atomic mass is 15.1. The smallest absolute Gasteiger partial charge is 0.00218 e. The van der Waals surface area contributed by atoms with Crippen molar-refractivity contribution >= 4 is 0 Å². The van der Waals surface area contributed by atoms with Crippen LogP contribution in [0.1, 0.15) is 39.5 Å². The molecule has 0 aliphatic carbocycles. The predicted octanol–water partition coefficient (Wildman–Crippen LogP) is 2.35. The van der Waals surface area contributed by atoms with E-state index in [4.69, 9.17) is 0 Å². The van der Waals surface area contributed by atoms with Crippen molar-refractivity contribution in [3.63, 3.8) is 0 Å². The van der Waals surface area contributed by atoms with Gasteiger partial charge in [-0.1, -0.05) is 13.8 Å². The molecule has 0 amide bonds. The minimum Gasteiger partial charge on any atom is -0.319 e. The molecule has 2 heteroatoms. The standard InChI is InChI=1S/C13H28N2/c1-12(2)6-4-8-15-9-5-7-13(11-15)10-14-3/h12-14H,4-11H2,1-3H3. The summed E-state index contributed by atoms with van der Waals surface area (Å²) in [4.78, 5) is 2.66. The van der Waals surface area contributed by atoms with Crippen LogP contribution in [-0.2, 0) is 0 Å². The SMILES string of the molecule is CNCC1CCCN(CCCC(C)C)C1. The first-order chi connectivity index (χ1) is 7.22. The van der Waals surface area contributed by atoms with Gasteiger partial charge in [0, 0.05) is 6.54 Å². The zero-order valence-electron chi connectivity index (χ0n) is 10.8. The summed E-state index contributed by atoms with van der Waals surface area (Å²) in [6.45, 7) is 9.80. The molecule has 0 spiro atoms. The molecule has 0 saturated carbocycles. The quantitative estimate of drug-likeness (QED) is 0.727. The Morgan fingerprint density at radius 2 is 2.20 bits per heavy atom. The van der Waals surface area contributed by atoms with Crippen LogP contribution < -0.4 is 5.32 Å². The summed E-state index contributed by atoms with van der Waals surface area (Å²) >= 11 is 0. The van der Waals surface area contributed by atoms with Gasteiger partial charge in [-0.15, -0.1) is 0 Å². The molecule has 1 unspecified atom stereocenters. The molecule has 0 aromatic carbocycles. The molecule has 0 aromatic heterocycles. The van der Waals surface area contributed by atoms with Crippen LogP contribution in [0.25, 0.3) is 0 Å². The van der Waals surface area contributed by atoms with Crippen molar-refractivity contribution in [2.45, 2.75) is 39.5 Å². The third-order valence-corrected chi connectivity index (χ3v) is 3.35. The van der Waals surface area contributed by atoms with Crippen LogP contribution in [-0.4, -0.2) is 38.1 Å². The van der Waals surface area contributed by atoms with E-state index in [-0.39, 0.29) is 0 Å². The number of piperidine rings is 1. The lowest BCUT2D eigenvalue weighted by Gasteiger charge is -2.32.